The lowest BCUT2D eigenvalue weighted by molar-refractivity contribution is -0.164. The first-order valence-electron chi connectivity index (χ1n) is 7.59. The summed E-state index contributed by atoms with van der Waals surface area (Å²) in [6.07, 6.45) is 5.16. The van der Waals surface area contributed by atoms with Crippen molar-refractivity contribution in [1.29, 1.82) is 0 Å². The first kappa shape index (κ1) is 12.9. The summed E-state index contributed by atoms with van der Waals surface area (Å²) >= 11 is 0. The molecule has 0 spiro atoms. The van der Waals surface area contributed by atoms with Gasteiger partial charge in [-0.05, 0) is 57.8 Å². The van der Waals surface area contributed by atoms with E-state index >= 15 is 0 Å². The molecule has 2 amide bonds. The molecule has 1 heterocycles. The third-order valence-electron chi connectivity index (χ3n) is 5.30. The van der Waals surface area contributed by atoms with Gasteiger partial charge in [0.2, 0.25) is 11.8 Å². The second-order valence-corrected chi connectivity index (χ2v) is 6.81. The number of nitrogens with one attached hydrogen (secondary N) is 1. The van der Waals surface area contributed by atoms with Gasteiger partial charge in [-0.3, -0.25) is 9.59 Å². The molecule has 0 aromatic carbocycles. The van der Waals surface area contributed by atoms with Crippen LogP contribution in [0.25, 0.3) is 0 Å². The Hall–Kier alpha value is -1.06. The standard InChI is InChI=1S/C15H24N2O2/c1-4-9-17-13(19)14(2,10-5-6-10)16-12(18)15(17,3)11-7-8-11/h10-11H,4-9H2,1-3H3,(H,16,18). The maximum Gasteiger partial charge on any atom is 0.249 e. The van der Waals surface area contributed by atoms with E-state index in [0.29, 0.717) is 18.4 Å². The zero-order valence-electron chi connectivity index (χ0n) is 12.2. The van der Waals surface area contributed by atoms with Gasteiger partial charge in [-0.15, -0.1) is 0 Å². The number of hydrogen-bond donors (Lipinski definition) is 1. The van der Waals surface area contributed by atoms with Crippen LogP contribution in [0.15, 0.2) is 0 Å². The van der Waals surface area contributed by atoms with E-state index in [4.69, 9.17) is 0 Å². The van der Waals surface area contributed by atoms with Gasteiger partial charge in [0.05, 0.1) is 0 Å². The van der Waals surface area contributed by atoms with E-state index in [9.17, 15) is 9.59 Å². The lowest BCUT2D eigenvalue weighted by atomic mass is 9.81. The first-order chi connectivity index (χ1) is 8.94. The number of carbonyl (C=O) groups excluding carboxylic acids is 2. The normalized spacial score (nSPS) is 39.4. The van der Waals surface area contributed by atoms with Gasteiger partial charge < -0.3 is 10.2 Å². The van der Waals surface area contributed by atoms with Crippen LogP contribution in [0.3, 0.4) is 0 Å². The monoisotopic (exact) mass is 264 g/mol. The molecular weight excluding hydrogens is 240 g/mol. The van der Waals surface area contributed by atoms with E-state index in [1.165, 1.54) is 0 Å². The summed E-state index contributed by atoms with van der Waals surface area (Å²) in [4.78, 5) is 27.5. The highest BCUT2D eigenvalue weighted by atomic mass is 16.2. The summed E-state index contributed by atoms with van der Waals surface area (Å²) in [5.41, 5.74) is -1.26. The fourth-order valence-corrected chi connectivity index (χ4v) is 3.58. The van der Waals surface area contributed by atoms with Crippen LogP contribution in [-0.2, 0) is 9.59 Å². The van der Waals surface area contributed by atoms with Gasteiger partial charge >= 0.3 is 0 Å². The molecule has 2 unspecified atom stereocenters. The molecule has 4 nitrogen and oxygen atoms in total. The maximum absolute atomic E-state index is 12.9. The largest absolute Gasteiger partial charge is 0.340 e. The number of carbonyl (C=O) groups is 2. The summed E-state index contributed by atoms with van der Waals surface area (Å²) < 4.78 is 0. The van der Waals surface area contributed by atoms with E-state index in [2.05, 4.69) is 12.2 Å². The molecule has 19 heavy (non-hydrogen) atoms. The predicted molar refractivity (Wildman–Crippen MR) is 72.4 cm³/mol. The number of amides is 2. The molecular formula is C15H24N2O2. The molecule has 1 saturated heterocycles. The van der Waals surface area contributed by atoms with Crippen molar-refractivity contribution in [2.75, 3.05) is 6.54 Å². The van der Waals surface area contributed by atoms with Crippen molar-refractivity contribution < 1.29 is 9.59 Å². The Bertz CT molecular complexity index is 428. The van der Waals surface area contributed by atoms with Gasteiger partial charge in [0.1, 0.15) is 11.1 Å². The van der Waals surface area contributed by atoms with Crippen LogP contribution >= 0.6 is 0 Å². The van der Waals surface area contributed by atoms with Crippen molar-refractivity contribution in [2.45, 2.75) is 64.0 Å². The molecule has 1 aliphatic heterocycles. The van der Waals surface area contributed by atoms with Crippen LogP contribution in [0, 0.1) is 11.8 Å². The minimum atomic E-state index is -0.652. The van der Waals surface area contributed by atoms with Gasteiger partial charge in [0.15, 0.2) is 0 Å². The molecule has 2 aliphatic carbocycles. The van der Waals surface area contributed by atoms with Crippen LogP contribution in [0.2, 0.25) is 0 Å². The zero-order valence-corrected chi connectivity index (χ0v) is 12.2. The predicted octanol–water partition coefficient (Wildman–Crippen LogP) is 1.69. The summed E-state index contributed by atoms with van der Waals surface area (Å²) in [6, 6.07) is 0. The van der Waals surface area contributed by atoms with Gasteiger partial charge in [0.25, 0.3) is 0 Å². The minimum absolute atomic E-state index is 0.0671. The van der Waals surface area contributed by atoms with Crippen LogP contribution in [0.1, 0.15) is 52.9 Å². The highest BCUT2D eigenvalue weighted by molar-refractivity contribution is 6.02. The summed E-state index contributed by atoms with van der Waals surface area (Å²) in [5, 5.41) is 3.07. The molecule has 3 fully saturated rings. The zero-order chi connectivity index (χ0) is 13.8. The number of nitrogens with zero attached hydrogens (tertiary/aromatic N) is 1. The molecule has 3 aliphatic rings. The quantitative estimate of drug-likeness (QED) is 0.840. The molecule has 2 atom stereocenters. The highest BCUT2D eigenvalue weighted by Gasteiger charge is 2.62. The van der Waals surface area contributed by atoms with Gasteiger partial charge in [-0.2, -0.15) is 0 Å². The molecule has 3 rings (SSSR count). The van der Waals surface area contributed by atoms with Crippen molar-refractivity contribution in [2.24, 2.45) is 11.8 Å². The molecule has 106 valence electrons. The Kier molecular flexibility index (Phi) is 2.70. The fourth-order valence-electron chi connectivity index (χ4n) is 3.58. The molecule has 0 aromatic rings. The molecule has 0 bridgehead atoms. The highest BCUT2D eigenvalue weighted by Crippen LogP contribution is 2.49. The fraction of sp³-hybridized carbons (Fsp3) is 0.867. The third-order valence-corrected chi connectivity index (χ3v) is 5.30. The summed E-state index contributed by atoms with van der Waals surface area (Å²) in [7, 11) is 0. The Balaban J connectivity index is 1.96. The second kappa shape index (κ2) is 3.97. The molecule has 4 heteroatoms. The Morgan fingerprint density at radius 1 is 1.16 bits per heavy atom. The van der Waals surface area contributed by atoms with E-state index in [-0.39, 0.29) is 11.8 Å². The Morgan fingerprint density at radius 2 is 1.74 bits per heavy atom. The van der Waals surface area contributed by atoms with Crippen molar-refractivity contribution >= 4 is 11.8 Å². The lowest BCUT2D eigenvalue weighted by Gasteiger charge is -2.51. The van der Waals surface area contributed by atoms with Gasteiger partial charge in [-0.25, -0.2) is 0 Å². The van der Waals surface area contributed by atoms with Crippen LogP contribution in [0.4, 0.5) is 0 Å². The number of hydrogen-bond acceptors (Lipinski definition) is 2. The third kappa shape index (κ3) is 1.72. The molecule has 0 radical (unpaired) electrons. The molecule has 1 N–H and O–H groups in total. The number of piperazine rings is 1. The lowest BCUT2D eigenvalue weighted by Crippen LogP contribution is -2.75. The van der Waals surface area contributed by atoms with E-state index in [0.717, 1.165) is 32.1 Å². The van der Waals surface area contributed by atoms with Crippen molar-refractivity contribution in [3.8, 4) is 0 Å². The first-order valence-corrected chi connectivity index (χ1v) is 7.59. The Labute approximate surface area is 114 Å². The minimum Gasteiger partial charge on any atom is -0.340 e. The van der Waals surface area contributed by atoms with Crippen LogP contribution in [0.5, 0.6) is 0 Å². The van der Waals surface area contributed by atoms with Crippen molar-refractivity contribution in [3.63, 3.8) is 0 Å². The summed E-state index contributed by atoms with van der Waals surface area (Å²) in [6.45, 7) is 6.64. The van der Waals surface area contributed by atoms with Gasteiger partial charge in [0, 0.05) is 6.54 Å². The van der Waals surface area contributed by atoms with E-state index in [1.807, 2.05) is 18.7 Å². The smallest absolute Gasteiger partial charge is 0.249 e. The van der Waals surface area contributed by atoms with Crippen molar-refractivity contribution in [1.82, 2.24) is 10.2 Å². The molecule has 0 aromatic heterocycles. The van der Waals surface area contributed by atoms with E-state index < -0.39 is 11.1 Å². The second-order valence-electron chi connectivity index (χ2n) is 6.81. The van der Waals surface area contributed by atoms with Crippen LogP contribution in [-0.4, -0.2) is 34.3 Å². The van der Waals surface area contributed by atoms with E-state index in [1.54, 1.807) is 0 Å². The average Bonchev–Trinajstić information content (AvgIpc) is 3.21. The molecule has 2 saturated carbocycles. The average molecular weight is 264 g/mol. The number of rotatable bonds is 4. The van der Waals surface area contributed by atoms with Gasteiger partial charge in [-0.1, -0.05) is 6.92 Å². The van der Waals surface area contributed by atoms with Crippen LogP contribution < -0.4 is 5.32 Å². The Morgan fingerprint density at radius 3 is 2.21 bits per heavy atom. The SMILES string of the molecule is CCCN1C(=O)C(C)(C2CC2)NC(=O)C1(C)C1CC1. The summed E-state index contributed by atoms with van der Waals surface area (Å²) in [5.74, 6) is 0.905. The topological polar surface area (TPSA) is 49.4 Å². The van der Waals surface area contributed by atoms with Crippen molar-refractivity contribution in [3.05, 3.63) is 0 Å². The maximum atomic E-state index is 12.9.